The fourth-order valence-corrected chi connectivity index (χ4v) is 3.48. The van der Waals surface area contributed by atoms with Gasteiger partial charge in [-0.3, -0.25) is 4.79 Å². The molecule has 1 unspecified atom stereocenters. The van der Waals surface area contributed by atoms with Crippen molar-refractivity contribution in [3.8, 4) is 0 Å². The summed E-state index contributed by atoms with van der Waals surface area (Å²) in [6.45, 7) is 3.15. The van der Waals surface area contributed by atoms with Crippen molar-refractivity contribution in [2.45, 2.75) is 12.3 Å². The summed E-state index contributed by atoms with van der Waals surface area (Å²) in [5.74, 6) is -0.339. The van der Waals surface area contributed by atoms with E-state index in [1.807, 2.05) is 36.1 Å². The Labute approximate surface area is 127 Å². The first-order chi connectivity index (χ1) is 9.54. The molecule has 20 heavy (non-hydrogen) atoms. The summed E-state index contributed by atoms with van der Waals surface area (Å²) < 4.78 is 5.12. The molecule has 1 aliphatic heterocycles. The molecule has 1 aliphatic rings. The average molecular weight is 313 g/mol. The molecule has 0 spiro atoms. The van der Waals surface area contributed by atoms with E-state index in [0.717, 1.165) is 16.2 Å². The second-order valence-electron chi connectivity index (χ2n) is 4.47. The van der Waals surface area contributed by atoms with Crippen LogP contribution in [-0.4, -0.2) is 36.4 Å². The molecule has 1 amide bonds. The minimum atomic E-state index is -0.379. The van der Waals surface area contributed by atoms with Gasteiger partial charge in [-0.2, -0.15) is 0 Å². The molecule has 0 radical (unpaired) electrons. The highest BCUT2D eigenvalue weighted by Gasteiger charge is 2.34. The van der Waals surface area contributed by atoms with E-state index in [2.05, 4.69) is 0 Å². The van der Waals surface area contributed by atoms with Crippen LogP contribution in [0, 0.1) is 0 Å². The van der Waals surface area contributed by atoms with Crippen molar-refractivity contribution in [2.75, 3.05) is 20.3 Å². The molecule has 6 heteroatoms. The predicted molar refractivity (Wildman–Crippen MR) is 83.2 cm³/mol. The Morgan fingerprint density at radius 1 is 1.45 bits per heavy atom. The van der Waals surface area contributed by atoms with Crippen LogP contribution in [0.25, 0.3) is 5.70 Å². The zero-order valence-corrected chi connectivity index (χ0v) is 13.0. The number of halogens is 1. The maximum absolute atomic E-state index is 11.6. The summed E-state index contributed by atoms with van der Waals surface area (Å²) in [5, 5.41) is 0.309. The van der Waals surface area contributed by atoms with Gasteiger partial charge in [-0.1, -0.05) is 35.5 Å². The summed E-state index contributed by atoms with van der Waals surface area (Å²) >= 11 is 7.41. The second kappa shape index (κ2) is 6.52. The molecule has 1 heterocycles. The highest BCUT2D eigenvalue weighted by molar-refractivity contribution is 8.04. The Morgan fingerprint density at radius 3 is 2.65 bits per heavy atom. The lowest BCUT2D eigenvalue weighted by Gasteiger charge is -2.27. The Balaban J connectivity index is 2.34. The number of rotatable bonds is 5. The fourth-order valence-electron chi connectivity index (χ4n) is 2.21. The number of nitrogens with zero attached hydrogens (tertiary/aromatic N) is 1. The van der Waals surface area contributed by atoms with Crippen LogP contribution in [0.3, 0.4) is 0 Å². The van der Waals surface area contributed by atoms with E-state index in [9.17, 15) is 4.79 Å². The van der Waals surface area contributed by atoms with Gasteiger partial charge in [-0.15, -0.1) is 0 Å². The van der Waals surface area contributed by atoms with Crippen LogP contribution in [0.1, 0.15) is 12.5 Å². The van der Waals surface area contributed by atoms with E-state index in [4.69, 9.17) is 22.1 Å². The third-order valence-electron chi connectivity index (χ3n) is 3.09. The van der Waals surface area contributed by atoms with E-state index < -0.39 is 0 Å². The fraction of sp³-hybridized carbons (Fsp3) is 0.357. The van der Waals surface area contributed by atoms with Gasteiger partial charge in [-0.05, 0) is 24.6 Å². The van der Waals surface area contributed by atoms with Crippen LogP contribution in [0.15, 0.2) is 29.2 Å². The first kappa shape index (κ1) is 15.2. The number of amides is 1. The number of nitrogens with two attached hydrogens (primary N) is 1. The van der Waals surface area contributed by atoms with Gasteiger partial charge in [0.25, 0.3) is 5.91 Å². The second-order valence-corrected chi connectivity index (χ2v) is 6.20. The van der Waals surface area contributed by atoms with Crippen LogP contribution < -0.4 is 5.73 Å². The van der Waals surface area contributed by atoms with Crippen LogP contribution >= 0.6 is 23.4 Å². The van der Waals surface area contributed by atoms with E-state index >= 15 is 0 Å². The van der Waals surface area contributed by atoms with Crippen molar-refractivity contribution in [2.24, 2.45) is 5.73 Å². The Hall–Kier alpha value is -1.17. The van der Waals surface area contributed by atoms with Crippen molar-refractivity contribution >= 4 is 35.0 Å². The summed E-state index contributed by atoms with van der Waals surface area (Å²) in [4.78, 5) is 14.7. The van der Waals surface area contributed by atoms with Gasteiger partial charge in [0.05, 0.1) is 12.3 Å². The molecule has 4 nitrogen and oxygen atoms in total. The van der Waals surface area contributed by atoms with Gasteiger partial charge < -0.3 is 15.4 Å². The van der Waals surface area contributed by atoms with E-state index in [1.165, 1.54) is 11.8 Å². The maximum atomic E-state index is 11.6. The van der Waals surface area contributed by atoms with Gasteiger partial charge in [0.2, 0.25) is 0 Å². The van der Waals surface area contributed by atoms with Crippen molar-refractivity contribution in [1.82, 2.24) is 4.90 Å². The summed E-state index contributed by atoms with van der Waals surface area (Å²) in [5.41, 5.74) is 7.54. The lowest BCUT2D eigenvalue weighted by atomic mass is 10.1. The number of ether oxygens (including phenoxy) is 1. The largest absolute Gasteiger partial charge is 0.383 e. The first-order valence-corrected chi connectivity index (χ1v) is 7.48. The van der Waals surface area contributed by atoms with Crippen molar-refractivity contribution in [1.29, 1.82) is 0 Å². The van der Waals surface area contributed by atoms with E-state index in [-0.39, 0.29) is 11.3 Å². The van der Waals surface area contributed by atoms with Gasteiger partial charge in [0, 0.05) is 23.6 Å². The SMILES string of the molecule is COCCN1C(c2ccc(Cl)cc2)=C(C)SC1C(N)=O. The standard InChI is InChI=1S/C14H17ClN2O2S/c1-9-12(10-3-5-11(15)6-4-10)17(7-8-19-2)14(20-9)13(16)18/h3-6,14H,7-8H2,1-2H3,(H2,16,18). The van der Waals surface area contributed by atoms with Gasteiger partial charge in [-0.25, -0.2) is 0 Å². The number of hydrogen-bond acceptors (Lipinski definition) is 4. The molecule has 2 rings (SSSR count). The highest BCUT2D eigenvalue weighted by atomic mass is 35.5. The van der Waals surface area contributed by atoms with Crippen LogP contribution in [0.2, 0.25) is 5.02 Å². The molecule has 2 N–H and O–H groups in total. The predicted octanol–water partition coefficient (Wildman–Crippen LogP) is 2.54. The van der Waals surface area contributed by atoms with Gasteiger partial charge in [0.15, 0.2) is 5.37 Å². The molecule has 1 aromatic rings. The molecule has 0 aliphatic carbocycles. The van der Waals surface area contributed by atoms with Crippen LogP contribution in [-0.2, 0) is 9.53 Å². The number of carbonyl (C=O) groups excluding carboxylic acids is 1. The third-order valence-corrected chi connectivity index (χ3v) is 4.60. The maximum Gasteiger partial charge on any atom is 0.251 e. The number of primary amides is 1. The molecule has 0 aromatic heterocycles. The number of allylic oxidation sites excluding steroid dienone is 1. The van der Waals surface area contributed by atoms with Crippen molar-refractivity contribution < 1.29 is 9.53 Å². The number of hydrogen-bond donors (Lipinski definition) is 1. The lowest BCUT2D eigenvalue weighted by Crippen LogP contribution is -2.40. The zero-order valence-electron chi connectivity index (χ0n) is 11.4. The average Bonchev–Trinajstić information content (AvgIpc) is 2.74. The molecule has 1 aromatic carbocycles. The molecule has 0 fully saturated rings. The Kier molecular flexibility index (Phi) is 4.96. The molecule has 1 atom stereocenters. The quantitative estimate of drug-likeness (QED) is 0.908. The number of thioether (sulfide) groups is 1. The minimum Gasteiger partial charge on any atom is -0.383 e. The van der Waals surface area contributed by atoms with Crippen molar-refractivity contribution in [3.05, 3.63) is 39.8 Å². The monoisotopic (exact) mass is 312 g/mol. The molecule has 0 bridgehead atoms. The van der Waals surface area contributed by atoms with E-state index in [1.54, 1.807) is 7.11 Å². The molecular weight excluding hydrogens is 296 g/mol. The van der Waals surface area contributed by atoms with Crippen molar-refractivity contribution in [3.63, 3.8) is 0 Å². The van der Waals surface area contributed by atoms with Crippen LogP contribution in [0.4, 0.5) is 0 Å². The Bertz CT molecular complexity index is 530. The molecular formula is C14H17ClN2O2S. The molecule has 108 valence electrons. The van der Waals surface area contributed by atoms with Crippen LogP contribution in [0.5, 0.6) is 0 Å². The molecule has 0 saturated heterocycles. The number of carbonyl (C=O) groups is 1. The third kappa shape index (κ3) is 3.11. The topological polar surface area (TPSA) is 55.6 Å². The number of benzene rings is 1. The summed E-state index contributed by atoms with van der Waals surface area (Å²) in [6, 6.07) is 7.58. The highest BCUT2D eigenvalue weighted by Crippen LogP contribution is 2.42. The molecule has 0 saturated carbocycles. The smallest absolute Gasteiger partial charge is 0.251 e. The normalized spacial score (nSPS) is 18.8. The minimum absolute atomic E-state index is 0.339. The summed E-state index contributed by atoms with van der Waals surface area (Å²) in [6.07, 6.45) is 0. The van der Waals surface area contributed by atoms with E-state index in [0.29, 0.717) is 18.2 Å². The lowest BCUT2D eigenvalue weighted by molar-refractivity contribution is -0.119. The first-order valence-electron chi connectivity index (χ1n) is 6.23. The zero-order chi connectivity index (χ0) is 14.7. The van der Waals surface area contributed by atoms with Gasteiger partial charge in [0.1, 0.15) is 0 Å². The summed E-state index contributed by atoms with van der Waals surface area (Å²) in [7, 11) is 1.64. The number of methoxy groups -OCH3 is 1. The van der Waals surface area contributed by atoms with Gasteiger partial charge >= 0.3 is 0 Å². The Morgan fingerprint density at radius 2 is 2.10 bits per heavy atom.